The first-order valence-electron chi connectivity index (χ1n) is 10.5. The second-order valence-corrected chi connectivity index (χ2v) is 7.90. The zero-order valence-electron chi connectivity index (χ0n) is 17.3. The number of carbonyl (C=O) groups excluding carboxylic acids is 1. The lowest BCUT2D eigenvalue weighted by molar-refractivity contribution is -0.159. The molecule has 1 aromatic carbocycles. The summed E-state index contributed by atoms with van der Waals surface area (Å²) in [5.74, 6) is 0.559. The number of ether oxygens (including phenoxy) is 1. The predicted octanol–water partition coefficient (Wildman–Crippen LogP) is 4.12. The summed E-state index contributed by atoms with van der Waals surface area (Å²) < 4.78 is 11.1. The first-order valence-corrected chi connectivity index (χ1v) is 10.5. The third-order valence-electron chi connectivity index (χ3n) is 5.63. The van der Waals surface area contributed by atoms with Crippen LogP contribution in [0.15, 0.2) is 65.4 Å². The standard InChI is InChI=1S/C24H27N3O3/c1-2-29-23(28)24(11-7-13-27(18-24)17-19-8-6-12-25-16-19)15-21-14-22(26-30-21)20-9-4-3-5-10-20/h3-6,8-10,12,14,16H,2,7,11,13,15,17-18H2,1H3. The van der Waals surface area contributed by atoms with E-state index in [2.05, 4.69) is 21.1 Å². The summed E-state index contributed by atoms with van der Waals surface area (Å²) in [5, 5.41) is 4.23. The van der Waals surface area contributed by atoms with Gasteiger partial charge in [-0.25, -0.2) is 0 Å². The summed E-state index contributed by atoms with van der Waals surface area (Å²) in [6, 6.07) is 15.9. The fraction of sp³-hybridized carbons (Fsp3) is 0.375. The molecule has 0 aliphatic carbocycles. The van der Waals surface area contributed by atoms with E-state index < -0.39 is 5.41 Å². The molecule has 1 aliphatic rings. The zero-order valence-corrected chi connectivity index (χ0v) is 17.3. The maximum absolute atomic E-state index is 13.1. The van der Waals surface area contributed by atoms with Gasteiger partial charge in [0.15, 0.2) is 0 Å². The number of esters is 1. The van der Waals surface area contributed by atoms with Gasteiger partial charge in [0.1, 0.15) is 11.5 Å². The molecule has 1 saturated heterocycles. The van der Waals surface area contributed by atoms with Crippen LogP contribution < -0.4 is 0 Å². The summed E-state index contributed by atoms with van der Waals surface area (Å²) >= 11 is 0. The molecule has 0 saturated carbocycles. The van der Waals surface area contributed by atoms with Crippen LogP contribution >= 0.6 is 0 Å². The SMILES string of the molecule is CCOC(=O)C1(Cc2cc(-c3ccccc3)no2)CCCN(Cc2cccnc2)C1. The van der Waals surface area contributed by atoms with Crippen LogP contribution in [0.2, 0.25) is 0 Å². The van der Waals surface area contributed by atoms with Crippen LogP contribution in [0.4, 0.5) is 0 Å². The van der Waals surface area contributed by atoms with Crippen molar-refractivity contribution in [3.8, 4) is 11.3 Å². The molecule has 0 N–H and O–H groups in total. The fourth-order valence-electron chi connectivity index (χ4n) is 4.25. The van der Waals surface area contributed by atoms with Crippen molar-refractivity contribution in [3.05, 3.63) is 72.2 Å². The minimum absolute atomic E-state index is 0.154. The number of pyridine rings is 1. The Labute approximate surface area is 176 Å². The van der Waals surface area contributed by atoms with Gasteiger partial charge in [-0.15, -0.1) is 0 Å². The second-order valence-electron chi connectivity index (χ2n) is 7.90. The summed E-state index contributed by atoms with van der Waals surface area (Å²) in [5.41, 5.74) is 2.29. The van der Waals surface area contributed by atoms with Crippen LogP contribution in [-0.4, -0.2) is 40.7 Å². The van der Waals surface area contributed by atoms with Crippen LogP contribution in [0.3, 0.4) is 0 Å². The Balaban J connectivity index is 1.55. The van der Waals surface area contributed by atoms with Crippen LogP contribution in [0.25, 0.3) is 11.3 Å². The third kappa shape index (κ3) is 4.60. The maximum Gasteiger partial charge on any atom is 0.313 e. The molecule has 0 amide bonds. The Morgan fingerprint density at radius 1 is 1.23 bits per heavy atom. The molecule has 156 valence electrons. The van der Waals surface area contributed by atoms with Gasteiger partial charge in [-0.2, -0.15) is 0 Å². The van der Waals surface area contributed by atoms with Gasteiger partial charge >= 0.3 is 5.97 Å². The molecule has 3 heterocycles. The zero-order chi connectivity index (χ0) is 20.8. The van der Waals surface area contributed by atoms with Crippen molar-refractivity contribution in [3.63, 3.8) is 0 Å². The van der Waals surface area contributed by atoms with E-state index in [0.29, 0.717) is 25.3 Å². The molecule has 1 unspecified atom stereocenters. The molecule has 6 heteroatoms. The summed E-state index contributed by atoms with van der Waals surface area (Å²) in [6.07, 6.45) is 5.84. The van der Waals surface area contributed by atoms with Crippen molar-refractivity contribution in [2.75, 3.05) is 19.7 Å². The molecule has 1 fully saturated rings. The average Bonchev–Trinajstić information content (AvgIpc) is 3.24. The second kappa shape index (κ2) is 9.22. The number of carbonyl (C=O) groups is 1. The number of aromatic nitrogens is 2. The predicted molar refractivity (Wildman–Crippen MR) is 113 cm³/mol. The van der Waals surface area contributed by atoms with Crippen LogP contribution in [0.5, 0.6) is 0 Å². The Bertz CT molecular complexity index is 958. The molecule has 6 nitrogen and oxygen atoms in total. The number of nitrogens with zero attached hydrogens (tertiary/aromatic N) is 3. The number of hydrogen-bond acceptors (Lipinski definition) is 6. The first-order chi connectivity index (χ1) is 14.7. The molecular formula is C24H27N3O3. The van der Waals surface area contributed by atoms with E-state index >= 15 is 0 Å². The largest absolute Gasteiger partial charge is 0.466 e. The minimum Gasteiger partial charge on any atom is -0.466 e. The first kappa shape index (κ1) is 20.3. The van der Waals surface area contributed by atoms with Crippen LogP contribution in [0.1, 0.15) is 31.1 Å². The van der Waals surface area contributed by atoms with Gasteiger partial charge in [0.25, 0.3) is 0 Å². The van der Waals surface area contributed by atoms with Crippen LogP contribution in [0, 0.1) is 5.41 Å². The number of piperidine rings is 1. The third-order valence-corrected chi connectivity index (χ3v) is 5.63. The number of benzene rings is 1. The topological polar surface area (TPSA) is 68.5 Å². The fourth-order valence-corrected chi connectivity index (χ4v) is 4.25. The lowest BCUT2D eigenvalue weighted by atomic mass is 9.76. The van der Waals surface area contributed by atoms with Crippen LogP contribution in [-0.2, 0) is 22.5 Å². The van der Waals surface area contributed by atoms with E-state index in [1.807, 2.05) is 55.6 Å². The van der Waals surface area contributed by atoms with Gasteiger partial charge in [0.05, 0.1) is 12.0 Å². The lowest BCUT2D eigenvalue weighted by Crippen LogP contribution is -2.49. The smallest absolute Gasteiger partial charge is 0.313 e. The van der Waals surface area contributed by atoms with E-state index in [0.717, 1.165) is 42.8 Å². The van der Waals surface area contributed by atoms with Crippen molar-refractivity contribution in [1.82, 2.24) is 15.0 Å². The highest BCUT2D eigenvalue weighted by Gasteiger charge is 2.44. The van der Waals surface area contributed by atoms with Gasteiger partial charge in [0.2, 0.25) is 0 Å². The van der Waals surface area contributed by atoms with Gasteiger partial charge in [-0.3, -0.25) is 14.7 Å². The highest BCUT2D eigenvalue weighted by Crippen LogP contribution is 2.36. The highest BCUT2D eigenvalue weighted by atomic mass is 16.5. The normalized spacial score (nSPS) is 19.5. The van der Waals surface area contributed by atoms with Crippen molar-refractivity contribution >= 4 is 5.97 Å². The Kier molecular flexibility index (Phi) is 6.23. The van der Waals surface area contributed by atoms with Crippen molar-refractivity contribution < 1.29 is 14.1 Å². The summed E-state index contributed by atoms with van der Waals surface area (Å²) in [7, 11) is 0. The van der Waals surface area contributed by atoms with E-state index in [1.54, 1.807) is 6.20 Å². The van der Waals surface area contributed by atoms with E-state index in [9.17, 15) is 4.79 Å². The Morgan fingerprint density at radius 3 is 2.87 bits per heavy atom. The van der Waals surface area contributed by atoms with E-state index in [-0.39, 0.29) is 5.97 Å². The van der Waals surface area contributed by atoms with E-state index in [4.69, 9.17) is 9.26 Å². The monoisotopic (exact) mass is 405 g/mol. The molecule has 4 rings (SSSR count). The van der Waals surface area contributed by atoms with Gasteiger partial charge in [-0.05, 0) is 37.9 Å². The molecule has 1 atom stereocenters. The molecule has 0 spiro atoms. The van der Waals surface area contributed by atoms with Gasteiger partial charge in [0, 0.05) is 43.5 Å². The average molecular weight is 405 g/mol. The molecule has 30 heavy (non-hydrogen) atoms. The number of likely N-dealkylation sites (tertiary alicyclic amines) is 1. The molecular weight excluding hydrogens is 378 g/mol. The van der Waals surface area contributed by atoms with Gasteiger partial charge in [-0.1, -0.05) is 41.6 Å². The van der Waals surface area contributed by atoms with Crippen molar-refractivity contribution in [2.24, 2.45) is 5.41 Å². The molecule has 1 aliphatic heterocycles. The molecule has 2 aromatic heterocycles. The highest BCUT2D eigenvalue weighted by molar-refractivity contribution is 5.77. The summed E-state index contributed by atoms with van der Waals surface area (Å²) in [6.45, 7) is 4.56. The molecule has 0 radical (unpaired) electrons. The quantitative estimate of drug-likeness (QED) is 0.551. The summed E-state index contributed by atoms with van der Waals surface area (Å²) in [4.78, 5) is 19.6. The Hall–Kier alpha value is -2.99. The Morgan fingerprint density at radius 2 is 2.10 bits per heavy atom. The van der Waals surface area contributed by atoms with E-state index in [1.165, 1.54) is 0 Å². The number of rotatable bonds is 7. The molecule has 3 aromatic rings. The minimum atomic E-state index is -0.635. The van der Waals surface area contributed by atoms with Crippen molar-refractivity contribution in [1.29, 1.82) is 0 Å². The number of hydrogen-bond donors (Lipinski definition) is 0. The van der Waals surface area contributed by atoms with Crippen molar-refractivity contribution in [2.45, 2.75) is 32.7 Å². The maximum atomic E-state index is 13.1. The lowest BCUT2D eigenvalue weighted by Gasteiger charge is -2.40. The molecule has 0 bridgehead atoms. The van der Waals surface area contributed by atoms with Gasteiger partial charge < -0.3 is 9.26 Å².